The monoisotopic (exact) mass is 324 g/mol. The van der Waals surface area contributed by atoms with Crippen molar-refractivity contribution >= 4 is 5.91 Å². The van der Waals surface area contributed by atoms with Gasteiger partial charge in [-0.1, -0.05) is 18.2 Å². The Kier molecular flexibility index (Phi) is 5.23. The zero-order chi connectivity index (χ0) is 16.9. The Morgan fingerprint density at radius 3 is 3.00 bits per heavy atom. The molecule has 1 amide bonds. The summed E-state index contributed by atoms with van der Waals surface area (Å²) in [6.45, 7) is 5.70. The number of benzene rings is 1. The molecule has 1 aromatic carbocycles. The predicted octanol–water partition coefficient (Wildman–Crippen LogP) is 1.90. The van der Waals surface area contributed by atoms with Crippen molar-refractivity contribution in [3.63, 3.8) is 0 Å². The summed E-state index contributed by atoms with van der Waals surface area (Å²) in [6.07, 6.45) is 1.95. The fourth-order valence-corrected chi connectivity index (χ4v) is 3.12. The van der Waals surface area contributed by atoms with Crippen LogP contribution >= 0.6 is 0 Å². The molecule has 5 heteroatoms. The Morgan fingerprint density at radius 1 is 1.38 bits per heavy atom. The third-order valence-electron chi connectivity index (χ3n) is 4.47. The minimum atomic E-state index is -0.0464. The molecule has 1 atom stereocenters. The fourth-order valence-electron chi connectivity index (χ4n) is 3.12. The first kappa shape index (κ1) is 16.6. The van der Waals surface area contributed by atoms with Gasteiger partial charge in [0.1, 0.15) is 0 Å². The van der Waals surface area contributed by atoms with Crippen LogP contribution in [0.4, 0.5) is 0 Å². The smallest absolute Gasteiger partial charge is 0.251 e. The van der Waals surface area contributed by atoms with Crippen molar-refractivity contribution in [1.82, 2.24) is 20.5 Å². The van der Waals surface area contributed by atoms with Gasteiger partial charge in [0.2, 0.25) is 0 Å². The highest BCUT2D eigenvalue weighted by Crippen LogP contribution is 2.25. The highest BCUT2D eigenvalue weighted by molar-refractivity contribution is 5.94. The van der Waals surface area contributed by atoms with Crippen LogP contribution in [0.3, 0.4) is 0 Å². The van der Waals surface area contributed by atoms with Crippen LogP contribution in [0, 0.1) is 6.92 Å². The van der Waals surface area contributed by atoms with E-state index >= 15 is 0 Å². The molecule has 0 bridgehead atoms. The minimum absolute atomic E-state index is 0.0464. The number of rotatable bonds is 4. The molecule has 126 valence electrons. The van der Waals surface area contributed by atoms with Crippen LogP contribution in [0.25, 0.3) is 0 Å². The lowest BCUT2D eigenvalue weighted by Gasteiger charge is -2.36. The van der Waals surface area contributed by atoms with Crippen molar-refractivity contribution in [2.24, 2.45) is 0 Å². The molecule has 1 fully saturated rings. The van der Waals surface area contributed by atoms with E-state index in [0.717, 1.165) is 31.9 Å². The summed E-state index contributed by atoms with van der Waals surface area (Å²) in [5, 5.41) is 6.15. The number of amides is 1. The van der Waals surface area contributed by atoms with Crippen molar-refractivity contribution in [3.8, 4) is 0 Å². The molecule has 2 N–H and O–H groups in total. The largest absolute Gasteiger partial charge is 0.355 e. The molecule has 1 aromatic heterocycles. The molecule has 2 heterocycles. The normalized spacial score (nSPS) is 18.3. The maximum Gasteiger partial charge on any atom is 0.251 e. The van der Waals surface area contributed by atoms with Gasteiger partial charge >= 0.3 is 0 Å². The van der Waals surface area contributed by atoms with Crippen molar-refractivity contribution < 1.29 is 4.79 Å². The molecule has 0 saturated carbocycles. The number of nitrogens with zero attached hydrogens (tertiary/aromatic N) is 2. The van der Waals surface area contributed by atoms with E-state index in [1.165, 1.54) is 11.1 Å². The molecule has 0 aliphatic carbocycles. The summed E-state index contributed by atoms with van der Waals surface area (Å²) in [7, 11) is 1.66. The van der Waals surface area contributed by atoms with Crippen molar-refractivity contribution in [2.45, 2.75) is 19.5 Å². The van der Waals surface area contributed by atoms with Gasteiger partial charge in [0.15, 0.2) is 0 Å². The average molecular weight is 324 g/mol. The van der Waals surface area contributed by atoms with Gasteiger partial charge in [-0.25, -0.2) is 0 Å². The molecule has 1 aliphatic rings. The van der Waals surface area contributed by atoms with E-state index in [1.807, 2.05) is 31.3 Å². The number of carbonyl (C=O) groups excluding carboxylic acids is 1. The van der Waals surface area contributed by atoms with Crippen molar-refractivity contribution in [3.05, 3.63) is 65.0 Å². The van der Waals surface area contributed by atoms with E-state index in [0.29, 0.717) is 5.56 Å². The number of aromatic nitrogens is 1. The van der Waals surface area contributed by atoms with Gasteiger partial charge in [-0.15, -0.1) is 0 Å². The lowest BCUT2D eigenvalue weighted by atomic mass is 10.00. The second-order valence-electron chi connectivity index (χ2n) is 6.20. The van der Waals surface area contributed by atoms with Gasteiger partial charge in [-0.05, 0) is 36.2 Å². The van der Waals surface area contributed by atoms with E-state index in [9.17, 15) is 4.79 Å². The van der Waals surface area contributed by atoms with Gasteiger partial charge in [0, 0.05) is 56.7 Å². The van der Waals surface area contributed by atoms with Gasteiger partial charge in [-0.2, -0.15) is 0 Å². The molecule has 0 radical (unpaired) electrons. The summed E-state index contributed by atoms with van der Waals surface area (Å²) in [6, 6.07) is 12.4. The molecule has 1 aliphatic heterocycles. The minimum Gasteiger partial charge on any atom is -0.355 e. The number of piperazine rings is 1. The third-order valence-corrected chi connectivity index (χ3v) is 4.47. The topological polar surface area (TPSA) is 57.3 Å². The highest BCUT2D eigenvalue weighted by Gasteiger charge is 2.24. The Labute approximate surface area is 143 Å². The number of aryl methyl sites for hydroxylation is 1. The lowest BCUT2D eigenvalue weighted by molar-refractivity contribution is 0.0962. The molecule has 1 saturated heterocycles. The quantitative estimate of drug-likeness (QED) is 0.902. The Hall–Kier alpha value is -2.24. The van der Waals surface area contributed by atoms with Crippen molar-refractivity contribution in [2.75, 3.05) is 26.7 Å². The average Bonchev–Trinajstić information content (AvgIpc) is 2.63. The van der Waals surface area contributed by atoms with E-state index in [2.05, 4.69) is 38.7 Å². The van der Waals surface area contributed by atoms with E-state index in [-0.39, 0.29) is 11.9 Å². The van der Waals surface area contributed by atoms with Crippen LogP contribution in [0.2, 0.25) is 0 Å². The molecule has 2 aromatic rings. The molecule has 3 rings (SSSR count). The van der Waals surface area contributed by atoms with Gasteiger partial charge in [-0.3, -0.25) is 14.7 Å². The van der Waals surface area contributed by atoms with Crippen LogP contribution in [-0.2, 0) is 6.54 Å². The van der Waals surface area contributed by atoms with Crippen molar-refractivity contribution in [1.29, 1.82) is 0 Å². The first-order chi connectivity index (χ1) is 11.7. The second-order valence-corrected chi connectivity index (χ2v) is 6.20. The number of hydrogen-bond acceptors (Lipinski definition) is 4. The zero-order valence-corrected chi connectivity index (χ0v) is 14.2. The zero-order valence-electron chi connectivity index (χ0n) is 14.2. The molecular formula is C19H24N4O. The first-order valence-electron chi connectivity index (χ1n) is 8.35. The highest BCUT2D eigenvalue weighted by atomic mass is 16.1. The Balaban J connectivity index is 1.81. The summed E-state index contributed by atoms with van der Waals surface area (Å²) >= 11 is 0. The van der Waals surface area contributed by atoms with Gasteiger partial charge in [0.05, 0.1) is 0 Å². The number of nitrogens with one attached hydrogen (secondary N) is 2. The maximum atomic E-state index is 11.9. The maximum absolute atomic E-state index is 11.9. The lowest BCUT2D eigenvalue weighted by Crippen LogP contribution is -2.45. The molecule has 24 heavy (non-hydrogen) atoms. The van der Waals surface area contributed by atoms with Gasteiger partial charge < -0.3 is 10.6 Å². The molecular weight excluding hydrogens is 300 g/mol. The first-order valence-corrected chi connectivity index (χ1v) is 8.35. The fraction of sp³-hybridized carbons (Fsp3) is 0.368. The van der Waals surface area contributed by atoms with Crippen LogP contribution in [0.5, 0.6) is 0 Å². The van der Waals surface area contributed by atoms with E-state index in [4.69, 9.17) is 0 Å². The molecule has 5 nitrogen and oxygen atoms in total. The van der Waals surface area contributed by atoms with Gasteiger partial charge in [0.25, 0.3) is 5.91 Å². The van der Waals surface area contributed by atoms with Crippen LogP contribution in [0.15, 0.2) is 42.6 Å². The Bertz CT molecular complexity index is 699. The summed E-state index contributed by atoms with van der Waals surface area (Å²) < 4.78 is 0. The molecule has 0 unspecified atom stereocenters. The standard InChI is InChI=1S/C19H24N4O/c1-14-6-7-15(11-22-14)13-23-9-8-21-12-18(23)16-4-3-5-17(10-16)19(24)20-2/h3-7,10-11,18,21H,8-9,12-13H2,1-2H3,(H,20,24)/t18-/m1/s1. The SMILES string of the molecule is CNC(=O)c1cccc([C@H]2CNCCN2Cc2ccc(C)nc2)c1. The second kappa shape index (κ2) is 7.55. The van der Waals surface area contributed by atoms with Crippen LogP contribution < -0.4 is 10.6 Å². The predicted molar refractivity (Wildman–Crippen MR) is 94.8 cm³/mol. The number of pyridine rings is 1. The molecule has 0 spiro atoms. The third kappa shape index (κ3) is 3.80. The van der Waals surface area contributed by atoms with Crippen LogP contribution in [-0.4, -0.2) is 42.5 Å². The number of carbonyl (C=O) groups is 1. The van der Waals surface area contributed by atoms with Crippen LogP contribution in [0.1, 0.15) is 33.2 Å². The summed E-state index contributed by atoms with van der Waals surface area (Å²) in [4.78, 5) is 18.8. The summed E-state index contributed by atoms with van der Waals surface area (Å²) in [5.74, 6) is -0.0464. The summed E-state index contributed by atoms with van der Waals surface area (Å²) in [5.41, 5.74) is 4.13. The Morgan fingerprint density at radius 2 is 2.25 bits per heavy atom. The number of hydrogen-bond donors (Lipinski definition) is 2. The van der Waals surface area contributed by atoms with E-state index in [1.54, 1.807) is 7.05 Å². The van der Waals surface area contributed by atoms with E-state index < -0.39 is 0 Å².